The van der Waals surface area contributed by atoms with Crippen LogP contribution in [-0.2, 0) is 0 Å². The van der Waals surface area contributed by atoms with Gasteiger partial charge in [-0.15, -0.1) is 0 Å². The van der Waals surface area contributed by atoms with Gasteiger partial charge >= 0.3 is 0 Å². The minimum atomic E-state index is 0.281. The zero-order valence-electron chi connectivity index (χ0n) is 13.7. The average molecular weight is 285 g/mol. The summed E-state index contributed by atoms with van der Waals surface area (Å²) in [7, 11) is 0. The molecule has 1 saturated heterocycles. The molecule has 3 heteroatoms. The maximum Gasteiger partial charge on any atom is 0.0991 e. The van der Waals surface area contributed by atoms with E-state index in [1.807, 2.05) is 12.1 Å². The van der Waals surface area contributed by atoms with Crippen molar-refractivity contribution >= 4 is 0 Å². The molecule has 1 atom stereocenters. The van der Waals surface area contributed by atoms with Gasteiger partial charge in [0.25, 0.3) is 0 Å². The first-order valence-electron chi connectivity index (χ1n) is 7.91. The van der Waals surface area contributed by atoms with Gasteiger partial charge in [0.1, 0.15) is 0 Å². The lowest BCUT2D eigenvalue weighted by Gasteiger charge is -2.41. The van der Waals surface area contributed by atoms with Crippen LogP contribution in [0.4, 0.5) is 0 Å². The number of likely N-dealkylation sites (tertiary alicyclic amines) is 1. The van der Waals surface area contributed by atoms with E-state index in [9.17, 15) is 0 Å². The highest BCUT2D eigenvalue weighted by molar-refractivity contribution is 5.32. The summed E-state index contributed by atoms with van der Waals surface area (Å²) in [6, 6.07) is 11.0. The first-order valence-corrected chi connectivity index (χ1v) is 7.91. The van der Waals surface area contributed by atoms with E-state index < -0.39 is 0 Å². The molecular weight excluding hydrogens is 258 g/mol. The van der Waals surface area contributed by atoms with E-state index >= 15 is 0 Å². The van der Waals surface area contributed by atoms with Crippen molar-refractivity contribution in [2.24, 2.45) is 0 Å². The van der Waals surface area contributed by atoms with Gasteiger partial charge in [0.15, 0.2) is 0 Å². The Kier molecular flexibility index (Phi) is 5.03. The van der Waals surface area contributed by atoms with Crippen LogP contribution in [-0.4, -0.2) is 29.6 Å². The summed E-state index contributed by atoms with van der Waals surface area (Å²) >= 11 is 0. The molecule has 1 aromatic carbocycles. The van der Waals surface area contributed by atoms with E-state index in [-0.39, 0.29) is 5.54 Å². The fourth-order valence-electron chi connectivity index (χ4n) is 3.01. The van der Waals surface area contributed by atoms with Crippen LogP contribution in [0, 0.1) is 11.3 Å². The third kappa shape index (κ3) is 4.30. The molecule has 21 heavy (non-hydrogen) atoms. The lowest BCUT2D eigenvalue weighted by Crippen LogP contribution is -2.50. The minimum Gasteiger partial charge on any atom is -0.307 e. The van der Waals surface area contributed by atoms with Crippen molar-refractivity contribution in [3.8, 4) is 6.07 Å². The van der Waals surface area contributed by atoms with Gasteiger partial charge in [0, 0.05) is 30.7 Å². The summed E-state index contributed by atoms with van der Waals surface area (Å²) in [5.41, 5.74) is 2.26. The van der Waals surface area contributed by atoms with Crippen LogP contribution in [0.2, 0.25) is 0 Å². The highest BCUT2D eigenvalue weighted by Crippen LogP contribution is 2.22. The number of nitrogens with zero attached hydrogens (tertiary/aromatic N) is 2. The summed E-state index contributed by atoms with van der Waals surface area (Å²) in [5.74, 6) is 0. The number of hydrogen-bond acceptors (Lipinski definition) is 3. The Morgan fingerprint density at radius 2 is 1.76 bits per heavy atom. The van der Waals surface area contributed by atoms with Crippen LogP contribution in [0.5, 0.6) is 0 Å². The zero-order valence-corrected chi connectivity index (χ0v) is 13.7. The third-order valence-electron chi connectivity index (χ3n) is 4.47. The van der Waals surface area contributed by atoms with Crippen LogP contribution >= 0.6 is 0 Å². The molecule has 1 heterocycles. The van der Waals surface area contributed by atoms with Crippen molar-refractivity contribution in [2.45, 2.75) is 58.2 Å². The first-order chi connectivity index (χ1) is 9.90. The SMILES string of the molecule is CC(NC1CCN(C(C)(C)C)CC1)c1ccc(C#N)cc1. The summed E-state index contributed by atoms with van der Waals surface area (Å²) in [5, 5.41) is 12.6. The van der Waals surface area contributed by atoms with Gasteiger partial charge in [-0.2, -0.15) is 5.26 Å². The van der Waals surface area contributed by atoms with Gasteiger partial charge in [-0.1, -0.05) is 12.1 Å². The third-order valence-corrected chi connectivity index (χ3v) is 4.47. The van der Waals surface area contributed by atoms with E-state index in [2.05, 4.69) is 56.1 Å². The standard InChI is InChI=1S/C18H27N3/c1-14(16-7-5-15(13-19)6-8-16)20-17-9-11-21(12-10-17)18(2,3)4/h5-8,14,17,20H,9-12H2,1-4H3. The fourth-order valence-corrected chi connectivity index (χ4v) is 3.01. The largest absolute Gasteiger partial charge is 0.307 e. The zero-order chi connectivity index (χ0) is 15.5. The predicted octanol–water partition coefficient (Wildman–Crippen LogP) is 3.47. The Bertz CT molecular complexity index is 485. The number of nitriles is 1. The molecule has 0 aromatic heterocycles. The number of hydrogen-bond donors (Lipinski definition) is 1. The molecule has 3 nitrogen and oxygen atoms in total. The van der Waals surface area contributed by atoms with Crippen molar-refractivity contribution in [3.05, 3.63) is 35.4 Å². The van der Waals surface area contributed by atoms with Crippen LogP contribution in [0.1, 0.15) is 57.7 Å². The smallest absolute Gasteiger partial charge is 0.0991 e. The average Bonchev–Trinajstić information content (AvgIpc) is 2.47. The van der Waals surface area contributed by atoms with Crippen LogP contribution in [0.25, 0.3) is 0 Å². The maximum absolute atomic E-state index is 8.85. The second-order valence-electron chi connectivity index (χ2n) is 7.05. The molecule has 0 bridgehead atoms. The highest BCUT2D eigenvalue weighted by Gasteiger charge is 2.27. The Balaban J connectivity index is 1.86. The van der Waals surface area contributed by atoms with E-state index in [4.69, 9.17) is 5.26 Å². The molecule has 2 rings (SSSR count). The van der Waals surface area contributed by atoms with Gasteiger partial charge in [-0.25, -0.2) is 0 Å². The number of nitrogens with one attached hydrogen (secondary N) is 1. The molecule has 1 aromatic rings. The van der Waals surface area contributed by atoms with Gasteiger partial charge in [-0.3, -0.25) is 4.90 Å². The van der Waals surface area contributed by atoms with Crippen molar-refractivity contribution in [1.82, 2.24) is 10.2 Å². The molecule has 0 radical (unpaired) electrons. The Morgan fingerprint density at radius 3 is 2.24 bits per heavy atom. The summed E-state index contributed by atoms with van der Waals surface area (Å²) in [6.45, 7) is 11.4. The van der Waals surface area contributed by atoms with E-state index in [0.29, 0.717) is 12.1 Å². The lowest BCUT2D eigenvalue weighted by atomic mass is 9.97. The molecule has 1 fully saturated rings. The molecule has 1 aliphatic rings. The monoisotopic (exact) mass is 285 g/mol. The molecule has 1 N–H and O–H groups in total. The molecule has 0 spiro atoms. The molecule has 0 saturated carbocycles. The summed E-state index contributed by atoms with van der Waals surface area (Å²) in [6.07, 6.45) is 2.41. The van der Waals surface area contributed by atoms with Gasteiger partial charge in [-0.05, 0) is 58.2 Å². The second-order valence-corrected chi connectivity index (χ2v) is 7.05. The molecule has 0 amide bonds. The highest BCUT2D eigenvalue weighted by atomic mass is 15.2. The van der Waals surface area contributed by atoms with Crippen LogP contribution < -0.4 is 5.32 Å². The van der Waals surface area contributed by atoms with Gasteiger partial charge in [0.2, 0.25) is 0 Å². The maximum atomic E-state index is 8.85. The van der Waals surface area contributed by atoms with Crippen molar-refractivity contribution in [2.75, 3.05) is 13.1 Å². The molecule has 1 unspecified atom stereocenters. The van der Waals surface area contributed by atoms with Crippen molar-refractivity contribution < 1.29 is 0 Å². The minimum absolute atomic E-state index is 0.281. The number of piperidine rings is 1. The Labute approximate surface area is 129 Å². The quantitative estimate of drug-likeness (QED) is 0.924. The predicted molar refractivity (Wildman–Crippen MR) is 87.1 cm³/mol. The van der Waals surface area contributed by atoms with E-state index in [0.717, 1.165) is 5.56 Å². The van der Waals surface area contributed by atoms with E-state index in [1.54, 1.807) is 0 Å². The fraction of sp³-hybridized carbons (Fsp3) is 0.611. The normalized spacial score (nSPS) is 19.2. The summed E-state index contributed by atoms with van der Waals surface area (Å²) < 4.78 is 0. The number of rotatable bonds is 3. The lowest BCUT2D eigenvalue weighted by molar-refractivity contribution is 0.0942. The molecular formula is C18H27N3. The molecule has 1 aliphatic heterocycles. The molecule has 114 valence electrons. The van der Waals surface area contributed by atoms with E-state index in [1.165, 1.54) is 31.5 Å². The first kappa shape index (κ1) is 16.0. The number of benzene rings is 1. The van der Waals surface area contributed by atoms with Crippen molar-refractivity contribution in [3.63, 3.8) is 0 Å². The molecule has 0 aliphatic carbocycles. The summed E-state index contributed by atoms with van der Waals surface area (Å²) in [4.78, 5) is 2.57. The Morgan fingerprint density at radius 1 is 1.19 bits per heavy atom. The second kappa shape index (κ2) is 6.60. The van der Waals surface area contributed by atoms with Crippen molar-refractivity contribution in [1.29, 1.82) is 5.26 Å². The van der Waals surface area contributed by atoms with Gasteiger partial charge < -0.3 is 5.32 Å². The van der Waals surface area contributed by atoms with Crippen LogP contribution in [0.3, 0.4) is 0 Å². The Hall–Kier alpha value is -1.37. The van der Waals surface area contributed by atoms with Gasteiger partial charge in [0.05, 0.1) is 11.6 Å². The van der Waals surface area contributed by atoms with Crippen LogP contribution in [0.15, 0.2) is 24.3 Å². The topological polar surface area (TPSA) is 39.1 Å².